The number of amides is 1. The Bertz CT molecular complexity index is 474. The van der Waals surface area contributed by atoms with Gasteiger partial charge in [0.1, 0.15) is 6.10 Å². The molecule has 0 aliphatic carbocycles. The molecule has 0 aromatic heterocycles. The highest BCUT2D eigenvalue weighted by Crippen LogP contribution is 2.18. The molecule has 0 radical (unpaired) electrons. The Morgan fingerprint density at radius 2 is 2.09 bits per heavy atom. The van der Waals surface area contributed by atoms with Crippen LogP contribution in [0.5, 0.6) is 0 Å². The lowest BCUT2D eigenvalue weighted by Gasteiger charge is -2.34. The number of anilines is 1. The van der Waals surface area contributed by atoms with Crippen LogP contribution in [0.25, 0.3) is 0 Å². The number of nitrogens with one attached hydrogen (secondary N) is 1. The molecule has 120 valence electrons. The Morgan fingerprint density at radius 1 is 1.23 bits per heavy atom. The third kappa shape index (κ3) is 3.99. The minimum atomic E-state index is -0.243. The lowest BCUT2D eigenvalue weighted by atomic mass is 10.1. The number of ether oxygens (including phenoxy) is 2. The van der Waals surface area contributed by atoms with Crippen LogP contribution in [0.4, 0.5) is 5.69 Å². The molecule has 2 saturated heterocycles. The van der Waals surface area contributed by atoms with Crippen molar-refractivity contribution in [3.8, 4) is 0 Å². The number of morpholine rings is 1. The number of carbonyl (C=O) groups excluding carboxylic acids is 1. The van der Waals surface area contributed by atoms with Crippen molar-refractivity contribution in [2.45, 2.75) is 31.5 Å². The van der Waals surface area contributed by atoms with E-state index in [4.69, 9.17) is 9.47 Å². The van der Waals surface area contributed by atoms with Gasteiger partial charge in [0.15, 0.2) is 0 Å². The first-order chi connectivity index (χ1) is 10.8. The molecule has 2 aliphatic rings. The molecule has 3 rings (SSSR count). The van der Waals surface area contributed by atoms with Gasteiger partial charge in [-0.3, -0.25) is 4.79 Å². The molecule has 2 unspecified atom stereocenters. The van der Waals surface area contributed by atoms with E-state index in [-0.39, 0.29) is 18.1 Å². The third-order valence-corrected chi connectivity index (χ3v) is 4.25. The molecule has 2 atom stereocenters. The molecule has 1 amide bonds. The van der Waals surface area contributed by atoms with Gasteiger partial charge in [-0.05, 0) is 31.4 Å². The lowest BCUT2D eigenvalue weighted by molar-refractivity contribution is -0.130. The maximum Gasteiger partial charge on any atom is 0.249 e. The van der Waals surface area contributed by atoms with Gasteiger partial charge in [0.2, 0.25) is 5.91 Å². The summed E-state index contributed by atoms with van der Waals surface area (Å²) in [5.41, 5.74) is 1.24. The summed E-state index contributed by atoms with van der Waals surface area (Å²) in [5.74, 6) is 0.0215. The highest BCUT2D eigenvalue weighted by molar-refractivity contribution is 5.80. The SMILES string of the molecule is O=C(NCCC1CN(c2ccccc2)CCO1)C1CCCO1. The number of carbonyl (C=O) groups is 1. The van der Waals surface area contributed by atoms with Crippen LogP contribution in [0.2, 0.25) is 0 Å². The second kappa shape index (κ2) is 7.61. The molecule has 22 heavy (non-hydrogen) atoms. The van der Waals surface area contributed by atoms with Gasteiger partial charge in [0.05, 0.1) is 12.7 Å². The number of hydrogen-bond acceptors (Lipinski definition) is 4. The van der Waals surface area contributed by atoms with Crippen molar-refractivity contribution < 1.29 is 14.3 Å². The highest BCUT2D eigenvalue weighted by atomic mass is 16.5. The molecule has 2 heterocycles. The van der Waals surface area contributed by atoms with E-state index in [1.165, 1.54) is 5.69 Å². The zero-order chi connectivity index (χ0) is 15.2. The first kappa shape index (κ1) is 15.3. The number of hydrogen-bond donors (Lipinski definition) is 1. The Kier molecular flexibility index (Phi) is 5.29. The van der Waals surface area contributed by atoms with E-state index < -0.39 is 0 Å². The van der Waals surface area contributed by atoms with E-state index >= 15 is 0 Å². The van der Waals surface area contributed by atoms with Crippen molar-refractivity contribution >= 4 is 11.6 Å². The molecule has 1 aromatic rings. The van der Waals surface area contributed by atoms with E-state index in [0.717, 1.165) is 39.0 Å². The van der Waals surface area contributed by atoms with E-state index in [0.29, 0.717) is 13.2 Å². The van der Waals surface area contributed by atoms with Gasteiger partial charge in [0, 0.05) is 31.9 Å². The van der Waals surface area contributed by atoms with Gasteiger partial charge in [0.25, 0.3) is 0 Å². The zero-order valence-corrected chi connectivity index (χ0v) is 12.9. The number of nitrogens with zero attached hydrogens (tertiary/aromatic N) is 1. The van der Waals surface area contributed by atoms with Crippen LogP contribution < -0.4 is 10.2 Å². The smallest absolute Gasteiger partial charge is 0.249 e. The average molecular weight is 304 g/mol. The van der Waals surface area contributed by atoms with E-state index in [9.17, 15) is 4.79 Å². The molecule has 5 nitrogen and oxygen atoms in total. The van der Waals surface area contributed by atoms with Gasteiger partial charge in [-0.1, -0.05) is 18.2 Å². The zero-order valence-electron chi connectivity index (χ0n) is 12.9. The predicted octanol–water partition coefficient (Wildman–Crippen LogP) is 1.58. The molecular formula is C17H24N2O3. The minimum Gasteiger partial charge on any atom is -0.374 e. The summed E-state index contributed by atoms with van der Waals surface area (Å²) >= 11 is 0. The Labute approximate surface area is 131 Å². The van der Waals surface area contributed by atoms with Crippen LogP contribution in [0.15, 0.2) is 30.3 Å². The van der Waals surface area contributed by atoms with E-state index in [1.54, 1.807) is 0 Å². The van der Waals surface area contributed by atoms with Crippen molar-refractivity contribution in [3.63, 3.8) is 0 Å². The van der Waals surface area contributed by atoms with Crippen LogP contribution in [-0.2, 0) is 14.3 Å². The third-order valence-electron chi connectivity index (χ3n) is 4.25. The normalized spacial score (nSPS) is 25.2. The molecule has 1 aromatic carbocycles. The van der Waals surface area contributed by atoms with Crippen LogP contribution in [0, 0.1) is 0 Å². The minimum absolute atomic E-state index is 0.0215. The number of benzene rings is 1. The molecule has 2 aliphatic heterocycles. The Hall–Kier alpha value is -1.59. The second-order valence-electron chi connectivity index (χ2n) is 5.86. The molecule has 2 fully saturated rings. The predicted molar refractivity (Wildman–Crippen MR) is 85.0 cm³/mol. The van der Waals surface area contributed by atoms with E-state index in [1.807, 2.05) is 6.07 Å². The average Bonchev–Trinajstić information content (AvgIpc) is 3.10. The summed E-state index contributed by atoms with van der Waals surface area (Å²) in [6.45, 7) is 3.88. The monoisotopic (exact) mass is 304 g/mol. The molecular weight excluding hydrogens is 280 g/mol. The van der Waals surface area contributed by atoms with Crippen LogP contribution in [0.1, 0.15) is 19.3 Å². The second-order valence-corrected chi connectivity index (χ2v) is 5.86. The van der Waals surface area contributed by atoms with Crippen molar-refractivity contribution in [2.24, 2.45) is 0 Å². The van der Waals surface area contributed by atoms with Crippen molar-refractivity contribution in [2.75, 3.05) is 37.7 Å². The van der Waals surface area contributed by atoms with Gasteiger partial charge >= 0.3 is 0 Å². The van der Waals surface area contributed by atoms with Gasteiger partial charge in [-0.15, -0.1) is 0 Å². The summed E-state index contributed by atoms with van der Waals surface area (Å²) in [6.07, 6.45) is 2.58. The van der Waals surface area contributed by atoms with Crippen LogP contribution in [-0.4, -0.2) is 51.0 Å². The van der Waals surface area contributed by atoms with Crippen molar-refractivity contribution in [1.82, 2.24) is 5.32 Å². The maximum atomic E-state index is 11.9. The van der Waals surface area contributed by atoms with Crippen LogP contribution in [0.3, 0.4) is 0 Å². The first-order valence-corrected chi connectivity index (χ1v) is 8.14. The summed E-state index contributed by atoms with van der Waals surface area (Å²) in [7, 11) is 0. The first-order valence-electron chi connectivity index (χ1n) is 8.14. The maximum absolute atomic E-state index is 11.9. The quantitative estimate of drug-likeness (QED) is 0.897. The summed E-state index contributed by atoms with van der Waals surface area (Å²) in [4.78, 5) is 14.2. The van der Waals surface area contributed by atoms with Gasteiger partial charge in [-0.25, -0.2) is 0 Å². The Morgan fingerprint density at radius 3 is 2.86 bits per heavy atom. The van der Waals surface area contributed by atoms with Gasteiger partial charge in [-0.2, -0.15) is 0 Å². The Balaban J connectivity index is 1.42. The number of rotatable bonds is 5. The largest absolute Gasteiger partial charge is 0.374 e. The highest BCUT2D eigenvalue weighted by Gasteiger charge is 2.24. The molecule has 5 heteroatoms. The fourth-order valence-corrected chi connectivity index (χ4v) is 3.02. The van der Waals surface area contributed by atoms with Crippen molar-refractivity contribution in [3.05, 3.63) is 30.3 Å². The van der Waals surface area contributed by atoms with Gasteiger partial charge < -0.3 is 19.7 Å². The standard InChI is InChI=1S/C17H24N2O3/c20-17(16-7-4-11-22-16)18-9-8-15-13-19(10-12-21-15)14-5-2-1-3-6-14/h1-3,5-6,15-16H,4,7-13H2,(H,18,20). The number of para-hydroxylation sites is 1. The fraction of sp³-hybridized carbons (Fsp3) is 0.588. The van der Waals surface area contributed by atoms with E-state index in [2.05, 4.69) is 34.5 Å². The molecule has 0 spiro atoms. The van der Waals surface area contributed by atoms with Crippen LogP contribution >= 0.6 is 0 Å². The summed E-state index contributed by atoms with van der Waals surface area (Å²) < 4.78 is 11.2. The lowest BCUT2D eigenvalue weighted by Crippen LogP contribution is -2.44. The molecule has 0 saturated carbocycles. The summed E-state index contributed by atoms with van der Waals surface area (Å²) in [6, 6.07) is 10.4. The van der Waals surface area contributed by atoms with Crippen molar-refractivity contribution in [1.29, 1.82) is 0 Å². The summed E-state index contributed by atoms with van der Waals surface area (Å²) in [5, 5.41) is 2.96. The molecule has 0 bridgehead atoms. The topological polar surface area (TPSA) is 50.8 Å². The molecule has 1 N–H and O–H groups in total. The fourth-order valence-electron chi connectivity index (χ4n) is 3.02.